The molecule has 0 aliphatic heterocycles. The fourth-order valence-electron chi connectivity index (χ4n) is 1.33. The summed E-state index contributed by atoms with van der Waals surface area (Å²) in [4.78, 5) is 8.23. The molecule has 0 radical (unpaired) electrons. The molecule has 0 atom stereocenters. The van der Waals surface area contributed by atoms with Gasteiger partial charge in [0.1, 0.15) is 16.5 Å². The SMILES string of the molecule is NC(=S)c1nccnc1Nc1cc(F)ccc1Br. The van der Waals surface area contributed by atoms with Gasteiger partial charge in [-0.05, 0) is 34.1 Å². The van der Waals surface area contributed by atoms with Crippen molar-refractivity contribution in [3.05, 3.63) is 46.6 Å². The molecular formula is C11H8BrFN4S. The van der Waals surface area contributed by atoms with Crippen LogP contribution in [0.15, 0.2) is 35.1 Å². The van der Waals surface area contributed by atoms with Crippen molar-refractivity contribution < 1.29 is 4.39 Å². The molecule has 0 bridgehead atoms. The Morgan fingerprint density at radius 3 is 2.78 bits per heavy atom. The monoisotopic (exact) mass is 326 g/mol. The summed E-state index contributed by atoms with van der Waals surface area (Å²) in [6.45, 7) is 0. The summed E-state index contributed by atoms with van der Waals surface area (Å²) in [6, 6.07) is 4.27. The maximum absolute atomic E-state index is 13.2. The van der Waals surface area contributed by atoms with Crippen LogP contribution in [0.1, 0.15) is 5.69 Å². The zero-order valence-corrected chi connectivity index (χ0v) is 11.4. The molecule has 18 heavy (non-hydrogen) atoms. The lowest BCUT2D eigenvalue weighted by atomic mass is 10.3. The predicted octanol–water partition coefficient (Wildman–Crippen LogP) is 2.76. The molecule has 92 valence electrons. The first-order valence-electron chi connectivity index (χ1n) is 4.91. The summed E-state index contributed by atoms with van der Waals surface area (Å²) >= 11 is 8.18. The number of anilines is 2. The topological polar surface area (TPSA) is 63.8 Å². The minimum Gasteiger partial charge on any atom is -0.388 e. The number of aromatic nitrogens is 2. The molecule has 1 aromatic heterocycles. The van der Waals surface area contributed by atoms with Crippen LogP contribution in [0.3, 0.4) is 0 Å². The fraction of sp³-hybridized carbons (Fsp3) is 0. The number of hydrogen-bond donors (Lipinski definition) is 2. The van der Waals surface area contributed by atoms with Crippen LogP contribution in [0.4, 0.5) is 15.9 Å². The van der Waals surface area contributed by atoms with Gasteiger partial charge in [0.05, 0.1) is 5.69 Å². The third kappa shape index (κ3) is 2.80. The molecule has 0 unspecified atom stereocenters. The van der Waals surface area contributed by atoms with Crippen LogP contribution >= 0.6 is 28.1 Å². The summed E-state index contributed by atoms with van der Waals surface area (Å²) < 4.78 is 13.9. The Balaban J connectivity index is 2.40. The van der Waals surface area contributed by atoms with Crippen molar-refractivity contribution in [2.45, 2.75) is 0 Å². The molecule has 0 amide bonds. The largest absolute Gasteiger partial charge is 0.388 e. The van der Waals surface area contributed by atoms with Crippen LogP contribution in [-0.2, 0) is 0 Å². The smallest absolute Gasteiger partial charge is 0.159 e. The molecule has 2 rings (SSSR count). The highest BCUT2D eigenvalue weighted by molar-refractivity contribution is 9.10. The lowest BCUT2D eigenvalue weighted by molar-refractivity contribution is 0.628. The van der Waals surface area contributed by atoms with Crippen molar-refractivity contribution in [3.8, 4) is 0 Å². The van der Waals surface area contributed by atoms with E-state index in [-0.39, 0.29) is 10.8 Å². The Morgan fingerprint density at radius 2 is 2.06 bits per heavy atom. The van der Waals surface area contributed by atoms with Crippen molar-refractivity contribution in [1.29, 1.82) is 0 Å². The van der Waals surface area contributed by atoms with Crippen LogP contribution in [0, 0.1) is 5.82 Å². The first-order chi connectivity index (χ1) is 8.58. The van der Waals surface area contributed by atoms with E-state index in [0.29, 0.717) is 21.7 Å². The number of nitrogens with two attached hydrogens (primary N) is 1. The fourth-order valence-corrected chi connectivity index (χ4v) is 1.83. The average molecular weight is 327 g/mol. The average Bonchev–Trinajstić information content (AvgIpc) is 2.34. The maximum Gasteiger partial charge on any atom is 0.159 e. The molecule has 0 saturated heterocycles. The van der Waals surface area contributed by atoms with Crippen LogP contribution in [-0.4, -0.2) is 15.0 Å². The van der Waals surface area contributed by atoms with E-state index in [2.05, 4.69) is 31.2 Å². The Kier molecular flexibility index (Phi) is 3.83. The molecule has 0 spiro atoms. The van der Waals surface area contributed by atoms with Gasteiger partial charge in [0.15, 0.2) is 5.82 Å². The summed E-state index contributed by atoms with van der Waals surface area (Å²) in [7, 11) is 0. The summed E-state index contributed by atoms with van der Waals surface area (Å²) in [5.74, 6) is 0.0257. The second kappa shape index (κ2) is 5.36. The minimum absolute atomic E-state index is 0.123. The highest BCUT2D eigenvalue weighted by Crippen LogP contribution is 2.26. The van der Waals surface area contributed by atoms with Gasteiger partial charge < -0.3 is 11.1 Å². The minimum atomic E-state index is -0.360. The van der Waals surface area contributed by atoms with Crippen molar-refractivity contribution in [2.24, 2.45) is 5.73 Å². The van der Waals surface area contributed by atoms with Gasteiger partial charge in [-0.1, -0.05) is 12.2 Å². The lowest BCUT2D eigenvalue weighted by Gasteiger charge is -2.10. The quantitative estimate of drug-likeness (QED) is 0.849. The number of nitrogens with one attached hydrogen (secondary N) is 1. The molecule has 1 heterocycles. The normalized spacial score (nSPS) is 10.1. The second-order valence-electron chi connectivity index (χ2n) is 3.37. The number of halogens is 2. The van der Waals surface area contributed by atoms with Crippen LogP contribution in [0.2, 0.25) is 0 Å². The molecule has 0 saturated carbocycles. The van der Waals surface area contributed by atoms with Gasteiger partial charge in [-0.25, -0.2) is 14.4 Å². The summed E-state index contributed by atoms with van der Waals surface area (Å²) in [6.07, 6.45) is 2.98. The van der Waals surface area contributed by atoms with E-state index in [0.717, 1.165) is 0 Å². The number of hydrogen-bond acceptors (Lipinski definition) is 4. The summed E-state index contributed by atoms with van der Waals surface area (Å²) in [5, 5.41) is 2.93. The third-order valence-electron chi connectivity index (χ3n) is 2.11. The van der Waals surface area contributed by atoms with Gasteiger partial charge in [-0.3, -0.25) is 0 Å². The van der Waals surface area contributed by atoms with Crippen LogP contribution < -0.4 is 11.1 Å². The highest BCUT2D eigenvalue weighted by Gasteiger charge is 2.10. The standard InChI is InChI=1S/C11H8BrFN4S/c12-7-2-1-6(13)5-8(7)17-11-9(10(14)18)15-3-4-16-11/h1-5H,(H2,14,18)(H,16,17). The van der Waals surface area contributed by atoms with Crippen molar-refractivity contribution in [3.63, 3.8) is 0 Å². The van der Waals surface area contributed by atoms with E-state index in [1.807, 2.05) is 0 Å². The van der Waals surface area contributed by atoms with Crippen LogP contribution in [0.5, 0.6) is 0 Å². The van der Waals surface area contributed by atoms with Crippen molar-refractivity contribution in [1.82, 2.24) is 9.97 Å². The Labute approximate surface area is 117 Å². The van der Waals surface area contributed by atoms with E-state index in [1.54, 1.807) is 6.07 Å². The van der Waals surface area contributed by atoms with E-state index in [1.165, 1.54) is 24.5 Å². The van der Waals surface area contributed by atoms with E-state index in [9.17, 15) is 4.39 Å². The van der Waals surface area contributed by atoms with Crippen LogP contribution in [0.25, 0.3) is 0 Å². The highest BCUT2D eigenvalue weighted by atomic mass is 79.9. The van der Waals surface area contributed by atoms with Gasteiger partial charge in [0.2, 0.25) is 0 Å². The molecule has 3 N–H and O–H groups in total. The molecular weight excluding hydrogens is 319 g/mol. The Hall–Kier alpha value is -1.60. The van der Waals surface area contributed by atoms with Gasteiger partial charge in [0, 0.05) is 16.9 Å². The van der Waals surface area contributed by atoms with E-state index >= 15 is 0 Å². The number of benzene rings is 1. The van der Waals surface area contributed by atoms with Gasteiger partial charge in [0.25, 0.3) is 0 Å². The molecule has 0 fully saturated rings. The zero-order valence-electron chi connectivity index (χ0n) is 9.02. The van der Waals surface area contributed by atoms with E-state index < -0.39 is 0 Å². The zero-order chi connectivity index (χ0) is 13.1. The first-order valence-corrected chi connectivity index (χ1v) is 6.11. The van der Waals surface area contributed by atoms with Gasteiger partial charge >= 0.3 is 0 Å². The molecule has 1 aromatic carbocycles. The molecule has 0 aliphatic rings. The molecule has 4 nitrogen and oxygen atoms in total. The van der Waals surface area contributed by atoms with Gasteiger partial charge in [-0.15, -0.1) is 0 Å². The van der Waals surface area contributed by atoms with Gasteiger partial charge in [-0.2, -0.15) is 0 Å². The molecule has 0 aliphatic carbocycles. The predicted molar refractivity (Wildman–Crippen MR) is 75.3 cm³/mol. The Morgan fingerprint density at radius 1 is 1.33 bits per heavy atom. The number of thiocarbonyl (C=S) groups is 1. The number of nitrogens with zero attached hydrogens (tertiary/aromatic N) is 2. The number of rotatable bonds is 3. The van der Waals surface area contributed by atoms with E-state index in [4.69, 9.17) is 18.0 Å². The molecule has 2 aromatic rings. The first kappa shape index (κ1) is 12.8. The van der Waals surface area contributed by atoms with Crippen molar-refractivity contribution >= 4 is 44.6 Å². The van der Waals surface area contributed by atoms with Crippen molar-refractivity contribution in [2.75, 3.05) is 5.32 Å². The second-order valence-corrected chi connectivity index (χ2v) is 4.66. The maximum atomic E-state index is 13.2. The lowest BCUT2D eigenvalue weighted by Crippen LogP contribution is -2.15. The molecule has 7 heteroatoms. The third-order valence-corrected chi connectivity index (χ3v) is 3.00. The Bertz CT molecular complexity index is 605. The summed E-state index contributed by atoms with van der Waals surface area (Å²) in [5.41, 5.74) is 6.43.